The van der Waals surface area contributed by atoms with Crippen LogP contribution >= 0.6 is 22.9 Å². The zero-order valence-corrected chi connectivity index (χ0v) is 9.54. The van der Waals surface area contributed by atoms with Crippen LogP contribution in [0.3, 0.4) is 0 Å². The van der Waals surface area contributed by atoms with Gasteiger partial charge in [-0.05, 0) is 19.1 Å². The summed E-state index contributed by atoms with van der Waals surface area (Å²) >= 11 is 7.29. The van der Waals surface area contributed by atoms with E-state index >= 15 is 0 Å². The summed E-state index contributed by atoms with van der Waals surface area (Å²) < 4.78 is 0.778. The molecule has 14 heavy (non-hydrogen) atoms. The molecule has 1 aromatic rings. The maximum Gasteiger partial charge on any atom is 0.233 e. The Hall–Kier alpha value is -0.580. The Balaban J connectivity index is 2.18. The van der Waals surface area contributed by atoms with Crippen LogP contribution in [0.1, 0.15) is 11.8 Å². The number of nitrogens with one attached hydrogen (secondary N) is 2. The fourth-order valence-electron chi connectivity index (χ4n) is 1.01. The molecule has 0 unspecified atom stereocenters. The van der Waals surface area contributed by atoms with Crippen LogP contribution in [-0.2, 0) is 11.3 Å². The van der Waals surface area contributed by atoms with E-state index in [4.69, 9.17) is 11.6 Å². The van der Waals surface area contributed by atoms with Crippen molar-refractivity contribution in [3.8, 4) is 0 Å². The van der Waals surface area contributed by atoms with Gasteiger partial charge < -0.3 is 10.6 Å². The summed E-state index contributed by atoms with van der Waals surface area (Å²) in [5, 5.41) is 5.75. The van der Waals surface area contributed by atoms with Gasteiger partial charge in [-0.15, -0.1) is 11.3 Å². The average Bonchev–Trinajstić information content (AvgIpc) is 2.52. The predicted molar refractivity (Wildman–Crippen MR) is 59.7 cm³/mol. The molecule has 0 fully saturated rings. The molecular formula is C9H13ClN2OS. The van der Waals surface area contributed by atoms with Crippen LogP contribution in [0.15, 0.2) is 12.1 Å². The molecule has 78 valence electrons. The Morgan fingerprint density at radius 1 is 1.57 bits per heavy atom. The molecule has 0 aliphatic heterocycles. The molecule has 1 heterocycles. The van der Waals surface area contributed by atoms with Crippen molar-refractivity contribution in [2.75, 3.05) is 13.1 Å². The molecule has 0 bridgehead atoms. The van der Waals surface area contributed by atoms with Crippen LogP contribution < -0.4 is 10.6 Å². The van der Waals surface area contributed by atoms with E-state index in [9.17, 15) is 4.79 Å². The Morgan fingerprint density at radius 2 is 2.36 bits per heavy atom. The van der Waals surface area contributed by atoms with Gasteiger partial charge in [0.2, 0.25) is 5.91 Å². The lowest BCUT2D eigenvalue weighted by Crippen LogP contribution is -2.33. The minimum absolute atomic E-state index is 0.0233. The van der Waals surface area contributed by atoms with Crippen molar-refractivity contribution >= 4 is 28.8 Å². The van der Waals surface area contributed by atoms with Crippen molar-refractivity contribution in [1.82, 2.24) is 10.6 Å². The van der Waals surface area contributed by atoms with E-state index in [2.05, 4.69) is 10.6 Å². The van der Waals surface area contributed by atoms with E-state index in [1.807, 2.05) is 19.1 Å². The van der Waals surface area contributed by atoms with Crippen molar-refractivity contribution in [2.24, 2.45) is 0 Å². The van der Waals surface area contributed by atoms with E-state index in [1.165, 1.54) is 11.3 Å². The van der Waals surface area contributed by atoms with Crippen LogP contribution in [0.5, 0.6) is 0 Å². The van der Waals surface area contributed by atoms with Crippen LogP contribution in [0.25, 0.3) is 0 Å². The average molecular weight is 233 g/mol. The molecule has 1 aromatic heterocycles. The SMILES string of the molecule is CCNC(=O)CNCc1ccc(Cl)s1. The lowest BCUT2D eigenvalue weighted by molar-refractivity contribution is -0.120. The van der Waals surface area contributed by atoms with Crippen molar-refractivity contribution < 1.29 is 4.79 Å². The van der Waals surface area contributed by atoms with Gasteiger partial charge in [0, 0.05) is 18.0 Å². The summed E-state index contributed by atoms with van der Waals surface area (Å²) in [6.07, 6.45) is 0. The molecule has 1 amide bonds. The third-order valence-corrected chi connectivity index (χ3v) is 2.82. The van der Waals surface area contributed by atoms with Gasteiger partial charge in [-0.25, -0.2) is 0 Å². The summed E-state index contributed by atoms with van der Waals surface area (Å²) in [6.45, 7) is 3.61. The number of hydrogen-bond acceptors (Lipinski definition) is 3. The normalized spacial score (nSPS) is 10.1. The highest BCUT2D eigenvalue weighted by Crippen LogP contribution is 2.20. The van der Waals surface area contributed by atoms with E-state index in [-0.39, 0.29) is 5.91 Å². The van der Waals surface area contributed by atoms with Gasteiger partial charge in [0.15, 0.2) is 0 Å². The summed E-state index contributed by atoms with van der Waals surface area (Å²) in [4.78, 5) is 12.2. The first kappa shape index (κ1) is 11.5. The molecule has 0 aliphatic carbocycles. The predicted octanol–water partition coefficient (Wildman–Crippen LogP) is 1.63. The zero-order chi connectivity index (χ0) is 10.4. The quantitative estimate of drug-likeness (QED) is 0.810. The second-order valence-corrected chi connectivity index (χ2v) is 4.56. The first-order valence-electron chi connectivity index (χ1n) is 4.44. The molecule has 0 spiro atoms. The van der Waals surface area contributed by atoms with Gasteiger partial charge in [0.1, 0.15) is 0 Å². The van der Waals surface area contributed by atoms with Crippen molar-refractivity contribution in [3.05, 3.63) is 21.3 Å². The third-order valence-electron chi connectivity index (χ3n) is 1.59. The molecule has 0 aromatic carbocycles. The second-order valence-electron chi connectivity index (χ2n) is 2.76. The van der Waals surface area contributed by atoms with E-state index < -0.39 is 0 Å². The summed E-state index contributed by atoms with van der Waals surface area (Å²) in [7, 11) is 0. The lowest BCUT2D eigenvalue weighted by atomic mass is 10.4. The van der Waals surface area contributed by atoms with Gasteiger partial charge in [0.05, 0.1) is 10.9 Å². The molecule has 5 heteroatoms. The fraction of sp³-hybridized carbons (Fsp3) is 0.444. The number of thiophene rings is 1. The second kappa shape index (κ2) is 6.01. The molecule has 0 atom stereocenters. The lowest BCUT2D eigenvalue weighted by Gasteiger charge is -2.02. The van der Waals surface area contributed by atoms with Crippen LogP contribution in [0.4, 0.5) is 0 Å². The molecule has 0 aliphatic rings. The Kier molecular flexibility index (Phi) is 4.93. The van der Waals surface area contributed by atoms with Crippen LogP contribution in [0, 0.1) is 0 Å². The summed E-state index contributed by atoms with van der Waals surface area (Å²) in [5.41, 5.74) is 0. The van der Waals surface area contributed by atoms with Crippen molar-refractivity contribution in [3.63, 3.8) is 0 Å². The molecule has 0 saturated carbocycles. The van der Waals surface area contributed by atoms with E-state index in [0.717, 1.165) is 9.21 Å². The van der Waals surface area contributed by atoms with E-state index in [0.29, 0.717) is 19.6 Å². The van der Waals surface area contributed by atoms with Gasteiger partial charge in [-0.1, -0.05) is 11.6 Å². The highest BCUT2D eigenvalue weighted by Gasteiger charge is 2.00. The third kappa shape index (κ3) is 4.09. The standard InChI is InChI=1S/C9H13ClN2OS/c1-2-12-9(13)6-11-5-7-3-4-8(10)14-7/h3-4,11H,2,5-6H2,1H3,(H,12,13). The van der Waals surface area contributed by atoms with Gasteiger partial charge in [-0.2, -0.15) is 0 Å². The first-order valence-corrected chi connectivity index (χ1v) is 5.63. The topological polar surface area (TPSA) is 41.1 Å². The summed E-state index contributed by atoms with van der Waals surface area (Å²) in [5.74, 6) is 0.0233. The number of carbonyl (C=O) groups is 1. The molecule has 3 nitrogen and oxygen atoms in total. The monoisotopic (exact) mass is 232 g/mol. The molecular weight excluding hydrogens is 220 g/mol. The number of rotatable bonds is 5. The Labute approximate surface area is 92.5 Å². The highest BCUT2D eigenvalue weighted by atomic mass is 35.5. The van der Waals surface area contributed by atoms with Gasteiger partial charge in [-0.3, -0.25) is 4.79 Å². The van der Waals surface area contributed by atoms with E-state index in [1.54, 1.807) is 0 Å². The number of carbonyl (C=O) groups excluding carboxylic acids is 1. The molecule has 2 N–H and O–H groups in total. The highest BCUT2D eigenvalue weighted by molar-refractivity contribution is 7.16. The largest absolute Gasteiger partial charge is 0.355 e. The van der Waals surface area contributed by atoms with Crippen molar-refractivity contribution in [2.45, 2.75) is 13.5 Å². The number of halogens is 1. The molecule has 0 radical (unpaired) electrons. The Bertz CT molecular complexity index is 301. The number of hydrogen-bond donors (Lipinski definition) is 2. The molecule has 0 saturated heterocycles. The maximum atomic E-state index is 11.0. The maximum absolute atomic E-state index is 11.0. The van der Waals surface area contributed by atoms with Crippen LogP contribution in [0.2, 0.25) is 4.34 Å². The van der Waals surface area contributed by atoms with Gasteiger partial charge >= 0.3 is 0 Å². The minimum atomic E-state index is 0.0233. The minimum Gasteiger partial charge on any atom is -0.355 e. The zero-order valence-electron chi connectivity index (χ0n) is 7.97. The Morgan fingerprint density at radius 3 is 2.93 bits per heavy atom. The van der Waals surface area contributed by atoms with Crippen molar-refractivity contribution in [1.29, 1.82) is 0 Å². The summed E-state index contributed by atoms with van der Waals surface area (Å²) in [6, 6.07) is 3.81. The smallest absolute Gasteiger partial charge is 0.233 e. The molecule has 1 rings (SSSR count). The number of amides is 1. The van der Waals surface area contributed by atoms with Crippen LogP contribution in [-0.4, -0.2) is 19.0 Å². The van der Waals surface area contributed by atoms with Gasteiger partial charge in [0.25, 0.3) is 0 Å². The fourth-order valence-corrected chi connectivity index (χ4v) is 2.06. The first-order chi connectivity index (χ1) is 6.72. The number of likely N-dealkylation sites (N-methyl/N-ethyl adjacent to an activating group) is 1.